The molecule has 1 atom stereocenters. The normalized spacial score (nSPS) is 13.2. The van der Waals surface area contributed by atoms with Gasteiger partial charge in [0.15, 0.2) is 0 Å². The Morgan fingerprint density at radius 3 is 2.24 bits per heavy atom. The van der Waals surface area contributed by atoms with E-state index in [1.807, 2.05) is 25.1 Å². The molecular weight excluding hydrogens is 212 g/mol. The first-order valence-corrected chi connectivity index (χ1v) is 5.89. The molecule has 1 unspecified atom stereocenters. The monoisotopic (exact) mass is 234 g/mol. The number of hydrogen-bond donors (Lipinski definition) is 1. The van der Waals surface area contributed by atoms with Crippen LogP contribution in [0.25, 0.3) is 0 Å². The number of nitrogens with zero attached hydrogens (tertiary/aromatic N) is 1. The number of hydrogen-bond acceptors (Lipinski definition) is 2. The fourth-order valence-electron chi connectivity index (χ4n) is 1.93. The average molecular weight is 234 g/mol. The molecule has 94 valence electrons. The number of likely N-dealkylation sites (N-methyl/N-ethyl adjacent to an activating group) is 1. The van der Waals surface area contributed by atoms with E-state index in [1.165, 1.54) is 5.56 Å². The Morgan fingerprint density at radius 2 is 1.76 bits per heavy atom. The number of rotatable bonds is 4. The van der Waals surface area contributed by atoms with E-state index in [2.05, 4.69) is 31.3 Å². The van der Waals surface area contributed by atoms with Crippen molar-refractivity contribution < 1.29 is 4.79 Å². The third kappa shape index (κ3) is 3.56. The van der Waals surface area contributed by atoms with Crippen LogP contribution in [0, 0.1) is 0 Å². The molecule has 0 bridgehead atoms. The predicted octanol–water partition coefficient (Wildman–Crippen LogP) is 1.99. The Kier molecular flexibility index (Phi) is 4.29. The second-order valence-electron chi connectivity index (χ2n) is 5.09. The molecule has 0 aliphatic rings. The average Bonchev–Trinajstić information content (AvgIpc) is 2.28. The summed E-state index contributed by atoms with van der Waals surface area (Å²) in [5, 5.41) is 3.36. The number of amides is 1. The first kappa shape index (κ1) is 13.7. The van der Waals surface area contributed by atoms with Crippen LogP contribution in [0.1, 0.15) is 26.3 Å². The van der Waals surface area contributed by atoms with Crippen molar-refractivity contribution in [2.75, 3.05) is 14.1 Å². The zero-order chi connectivity index (χ0) is 13.1. The zero-order valence-electron chi connectivity index (χ0n) is 11.3. The van der Waals surface area contributed by atoms with Gasteiger partial charge in [-0.1, -0.05) is 30.3 Å². The maximum atomic E-state index is 11.8. The highest BCUT2D eigenvalue weighted by Gasteiger charge is 2.25. The molecular formula is C14H22N2O. The van der Waals surface area contributed by atoms with Crippen molar-refractivity contribution in [1.29, 1.82) is 0 Å². The van der Waals surface area contributed by atoms with E-state index in [-0.39, 0.29) is 17.5 Å². The second-order valence-corrected chi connectivity index (χ2v) is 5.09. The molecule has 0 saturated carbocycles. The molecule has 0 aliphatic heterocycles. The zero-order valence-corrected chi connectivity index (χ0v) is 11.3. The number of benzene rings is 1. The molecule has 1 aromatic carbocycles. The maximum absolute atomic E-state index is 11.8. The molecule has 3 nitrogen and oxygen atoms in total. The van der Waals surface area contributed by atoms with Crippen molar-refractivity contribution in [3.63, 3.8) is 0 Å². The van der Waals surface area contributed by atoms with Crippen molar-refractivity contribution in [3.8, 4) is 0 Å². The minimum atomic E-state index is -0.216. The van der Waals surface area contributed by atoms with Gasteiger partial charge >= 0.3 is 0 Å². The summed E-state index contributed by atoms with van der Waals surface area (Å²) in [6, 6.07) is 9.96. The summed E-state index contributed by atoms with van der Waals surface area (Å²) >= 11 is 0. The Morgan fingerprint density at radius 1 is 1.24 bits per heavy atom. The molecule has 1 rings (SSSR count). The van der Waals surface area contributed by atoms with E-state index in [4.69, 9.17) is 0 Å². The summed E-state index contributed by atoms with van der Waals surface area (Å²) < 4.78 is 0. The minimum absolute atomic E-state index is 0.0917. The fraction of sp³-hybridized carbons (Fsp3) is 0.500. The second kappa shape index (κ2) is 5.32. The Balaban J connectivity index is 2.77. The predicted molar refractivity (Wildman–Crippen MR) is 70.8 cm³/mol. The molecule has 0 radical (unpaired) electrons. The Hall–Kier alpha value is -1.35. The molecule has 0 aromatic heterocycles. The van der Waals surface area contributed by atoms with Crippen LogP contribution in [-0.2, 0) is 10.3 Å². The summed E-state index contributed by atoms with van der Waals surface area (Å²) in [6.45, 7) is 6.07. The van der Waals surface area contributed by atoms with Gasteiger partial charge in [0, 0.05) is 19.6 Å². The highest BCUT2D eigenvalue weighted by Crippen LogP contribution is 2.20. The van der Waals surface area contributed by atoms with Crippen molar-refractivity contribution >= 4 is 5.91 Å². The Bertz CT molecular complexity index is 371. The summed E-state index contributed by atoms with van der Waals surface area (Å²) in [7, 11) is 3.55. The highest BCUT2D eigenvalue weighted by molar-refractivity contribution is 5.81. The van der Waals surface area contributed by atoms with Crippen molar-refractivity contribution in [2.45, 2.75) is 32.4 Å². The van der Waals surface area contributed by atoms with Gasteiger partial charge in [-0.2, -0.15) is 0 Å². The van der Waals surface area contributed by atoms with E-state index in [0.29, 0.717) is 0 Å². The molecule has 0 fully saturated rings. The van der Waals surface area contributed by atoms with Gasteiger partial charge in [-0.3, -0.25) is 10.1 Å². The SMILES string of the molecule is CC(NC(C)(C)c1ccccc1)C(=O)N(C)C. The largest absolute Gasteiger partial charge is 0.347 e. The van der Waals surface area contributed by atoms with E-state index >= 15 is 0 Å². The quantitative estimate of drug-likeness (QED) is 0.864. The molecule has 3 heteroatoms. The van der Waals surface area contributed by atoms with Gasteiger partial charge in [0.2, 0.25) is 5.91 Å². The molecule has 1 aromatic rings. The van der Waals surface area contributed by atoms with Gasteiger partial charge in [-0.15, -0.1) is 0 Å². The lowest BCUT2D eigenvalue weighted by atomic mass is 9.93. The van der Waals surface area contributed by atoms with Crippen LogP contribution in [0.3, 0.4) is 0 Å². The van der Waals surface area contributed by atoms with Crippen LogP contribution in [0.15, 0.2) is 30.3 Å². The lowest BCUT2D eigenvalue weighted by Gasteiger charge is -2.31. The van der Waals surface area contributed by atoms with E-state index in [1.54, 1.807) is 19.0 Å². The summed E-state index contributed by atoms with van der Waals surface area (Å²) in [4.78, 5) is 13.4. The standard InChI is InChI=1S/C14H22N2O/c1-11(13(17)16(4)5)15-14(2,3)12-9-7-6-8-10-12/h6-11,15H,1-5H3. The van der Waals surface area contributed by atoms with Gasteiger partial charge in [-0.05, 0) is 26.3 Å². The van der Waals surface area contributed by atoms with Crippen LogP contribution in [0.4, 0.5) is 0 Å². The Labute approximate surface area is 104 Å². The van der Waals surface area contributed by atoms with E-state index in [0.717, 1.165) is 0 Å². The van der Waals surface area contributed by atoms with Gasteiger partial charge in [0.05, 0.1) is 6.04 Å². The molecule has 0 spiro atoms. The summed E-state index contributed by atoms with van der Waals surface area (Å²) in [6.07, 6.45) is 0. The van der Waals surface area contributed by atoms with Gasteiger partial charge < -0.3 is 4.90 Å². The van der Waals surface area contributed by atoms with Crippen LogP contribution in [0.2, 0.25) is 0 Å². The first-order chi connectivity index (χ1) is 7.84. The molecule has 1 amide bonds. The van der Waals surface area contributed by atoms with Crippen molar-refractivity contribution in [1.82, 2.24) is 10.2 Å². The van der Waals surface area contributed by atoms with Crippen molar-refractivity contribution in [3.05, 3.63) is 35.9 Å². The fourth-order valence-corrected chi connectivity index (χ4v) is 1.93. The highest BCUT2D eigenvalue weighted by atomic mass is 16.2. The molecule has 0 saturated heterocycles. The van der Waals surface area contributed by atoms with E-state index in [9.17, 15) is 4.79 Å². The topological polar surface area (TPSA) is 32.3 Å². The third-order valence-corrected chi connectivity index (χ3v) is 2.88. The first-order valence-electron chi connectivity index (χ1n) is 5.89. The maximum Gasteiger partial charge on any atom is 0.238 e. The van der Waals surface area contributed by atoms with Gasteiger partial charge in [-0.25, -0.2) is 0 Å². The van der Waals surface area contributed by atoms with Crippen LogP contribution in [-0.4, -0.2) is 30.9 Å². The molecule has 1 N–H and O–H groups in total. The van der Waals surface area contributed by atoms with Crippen LogP contribution >= 0.6 is 0 Å². The van der Waals surface area contributed by atoms with Crippen molar-refractivity contribution in [2.24, 2.45) is 0 Å². The molecule has 0 heterocycles. The summed E-state index contributed by atoms with van der Waals surface area (Å²) in [5.74, 6) is 0.0917. The smallest absolute Gasteiger partial charge is 0.238 e. The number of carbonyl (C=O) groups is 1. The van der Waals surface area contributed by atoms with Crippen LogP contribution in [0.5, 0.6) is 0 Å². The van der Waals surface area contributed by atoms with Gasteiger partial charge in [0.25, 0.3) is 0 Å². The molecule has 17 heavy (non-hydrogen) atoms. The number of nitrogens with one attached hydrogen (secondary N) is 1. The minimum Gasteiger partial charge on any atom is -0.347 e. The van der Waals surface area contributed by atoms with Gasteiger partial charge in [0.1, 0.15) is 0 Å². The molecule has 0 aliphatic carbocycles. The third-order valence-electron chi connectivity index (χ3n) is 2.88. The lowest BCUT2D eigenvalue weighted by Crippen LogP contribution is -2.49. The lowest BCUT2D eigenvalue weighted by molar-refractivity contribution is -0.131. The number of carbonyl (C=O) groups excluding carboxylic acids is 1. The van der Waals surface area contributed by atoms with Crippen LogP contribution < -0.4 is 5.32 Å². The van der Waals surface area contributed by atoms with E-state index < -0.39 is 0 Å². The summed E-state index contributed by atoms with van der Waals surface area (Å²) in [5.41, 5.74) is 0.963.